The maximum absolute atomic E-state index is 13.3. The van der Waals surface area contributed by atoms with Crippen LogP contribution in [0.4, 0.5) is 4.39 Å². The molecule has 0 spiro atoms. The first-order chi connectivity index (χ1) is 10.1. The average molecular weight is 302 g/mol. The Hall–Kier alpha value is -2.58. The van der Waals surface area contributed by atoms with Gasteiger partial charge in [0.05, 0.1) is 10.6 Å². The summed E-state index contributed by atoms with van der Waals surface area (Å²) in [6, 6.07) is 7.76. The monoisotopic (exact) mass is 301 g/mol. The fourth-order valence-corrected chi connectivity index (χ4v) is 2.45. The Balaban J connectivity index is 2.09. The summed E-state index contributed by atoms with van der Waals surface area (Å²) in [5.74, 6) is -0.545. The molecule has 1 aromatic carbocycles. The zero-order valence-corrected chi connectivity index (χ0v) is 11.5. The smallest absolute Gasteiger partial charge is 0.272 e. The molecule has 0 radical (unpaired) electrons. The first-order valence-electron chi connectivity index (χ1n) is 6.15. The zero-order chi connectivity index (χ0) is 15.0. The van der Waals surface area contributed by atoms with E-state index in [1.807, 2.05) is 6.07 Å². The topological polar surface area (TPSA) is 61.1 Å². The van der Waals surface area contributed by atoms with Crippen LogP contribution in [0.1, 0.15) is 16.8 Å². The molecule has 0 aliphatic carbocycles. The second kappa shape index (κ2) is 5.08. The van der Waals surface area contributed by atoms with Crippen molar-refractivity contribution < 1.29 is 4.39 Å². The minimum atomic E-state index is -0.545. The van der Waals surface area contributed by atoms with Crippen LogP contribution in [0.25, 0.3) is 5.52 Å². The standard InChI is InChI=1S/C15H9ClFN3O/c16-11-5-14-15(21)19-7-12(20(14)8-11)4-9-1-2-13(17)10(3-9)6-18/h1-3,5,7-8H,4H2,(H,19,21). The van der Waals surface area contributed by atoms with Gasteiger partial charge >= 0.3 is 0 Å². The lowest BCUT2D eigenvalue weighted by Crippen LogP contribution is -2.11. The number of hydrogen-bond donors (Lipinski definition) is 1. The summed E-state index contributed by atoms with van der Waals surface area (Å²) in [5.41, 5.74) is 1.76. The molecule has 2 heterocycles. The molecule has 0 atom stereocenters. The van der Waals surface area contributed by atoms with Crippen LogP contribution in [-0.4, -0.2) is 9.38 Å². The second-order valence-corrected chi connectivity index (χ2v) is 5.06. The minimum Gasteiger partial charge on any atom is -0.326 e. The quantitative estimate of drug-likeness (QED) is 0.791. The van der Waals surface area contributed by atoms with Gasteiger partial charge in [0.15, 0.2) is 0 Å². The van der Waals surface area contributed by atoms with E-state index in [1.54, 1.807) is 28.9 Å². The number of halogens is 2. The molecule has 0 fully saturated rings. The summed E-state index contributed by atoms with van der Waals surface area (Å²) in [7, 11) is 0. The van der Waals surface area contributed by atoms with Gasteiger partial charge in [-0.1, -0.05) is 17.7 Å². The van der Waals surface area contributed by atoms with E-state index in [4.69, 9.17) is 16.9 Å². The molecule has 1 N–H and O–H groups in total. The highest BCUT2D eigenvalue weighted by molar-refractivity contribution is 6.31. The van der Waals surface area contributed by atoms with Crippen LogP contribution in [-0.2, 0) is 6.42 Å². The molecule has 0 unspecified atom stereocenters. The number of nitrogens with one attached hydrogen (secondary N) is 1. The third kappa shape index (κ3) is 2.41. The molecule has 0 amide bonds. The SMILES string of the molecule is N#Cc1cc(Cc2c[nH]c(=O)c3cc(Cl)cn23)ccc1F. The first kappa shape index (κ1) is 13.4. The van der Waals surface area contributed by atoms with Crippen molar-refractivity contribution in [1.29, 1.82) is 5.26 Å². The maximum atomic E-state index is 13.3. The van der Waals surface area contributed by atoms with E-state index in [0.717, 1.165) is 11.3 Å². The van der Waals surface area contributed by atoms with Gasteiger partial charge in [0.2, 0.25) is 0 Å². The van der Waals surface area contributed by atoms with Crippen molar-refractivity contribution >= 4 is 17.1 Å². The molecule has 4 nitrogen and oxygen atoms in total. The van der Waals surface area contributed by atoms with E-state index < -0.39 is 5.82 Å². The summed E-state index contributed by atoms with van der Waals surface area (Å²) in [6.45, 7) is 0. The van der Waals surface area contributed by atoms with Gasteiger partial charge in [-0.3, -0.25) is 4.79 Å². The van der Waals surface area contributed by atoms with Gasteiger partial charge in [0.25, 0.3) is 5.56 Å². The summed E-state index contributed by atoms with van der Waals surface area (Å²) in [6.07, 6.45) is 3.67. The lowest BCUT2D eigenvalue weighted by atomic mass is 10.1. The molecule has 0 saturated carbocycles. The predicted molar refractivity (Wildman–Crippen MR) is 76.9 cm³/mol. The molecule has 0 aliphatic heterocycles. The molecule has 6 heteroatoms. The fraction of sp³-hybridized carbons (Fsp3) is 0.0667. The highest BCUT2D eigenvalue weighted by Crippen LogP contribution is 2.17. The van der Waals surface area contributed by atoms with Crippen LogP contribution in [0, 0.1) is 17.1 Å². The van der Waals surface area contributed by atoms with Crippen molar-refractivity contribution in [2.45, 2.75) is 6.42 Å². The van der Waals surface area contributed by atoms with Gasteiger partial charge in [-0.15, -0.1) is 0 Å². The Morgan fingerprint density at radius 3 is 2.95 bits per heavy atom. The number of rotatable bonds is 2. The zero-order valence-electron chi connectivity index (χ0n) is 10.7. The maximum Gasteiger partial charge on any atom is 0.272 e. The van der Waals surface area contributed by atoms with Gasteiger partial charge in [0.1, 0.15) is 17.4 Å². The van der Waals surface area contributed by atoms with Crippen molar-refractivity contribution in [2.75, 3.05) is 0 Å². The van der Waals surface area contributed by atoms with Crippen molar-refractivity contribution in [2.24, 2.45) is 0 Å². The lowest BCUT2D eigenvalue weighted by Gasteiger charge is -2.06. The van der Waals surface area contributed by atoms with E-state index in [9.17, 15) is 9.18 Å². The summed E-state index contributed by atoms with van der Waals surface area (Å²) in [5, 5.41) is 9.32. The molecule has 3 aromatic rings. The molecule has 0 aliphatic rings. The van der Waals surface area contributed by atoms with E-state index in [0.29, 0.717) is 17.0 Å². The van der Waals surface area contributed by atoms with Gasteiger partial charge in [-0.2, -0.15) is 5.26 Å². The van der Waals surface area contributed by atoms with E-state index in [2.05, 4.69) is 4.98 Å². The third-order valence-electron chi connectivity index (χ3n) is 3.23. The lowest BCUT2D eigenvalue weighted by molar-refractivity contribution is 0.623. The Morgan fingerprint density at radius 1 is 1.38 bits per heavy atom. The normalized spacial score (nSPS) is 10.7. The van der Waals surface area contributed by atoms with Crippen molar-refractivity contribution in [3.63, 3.8) is 0 Å². The van der Waals surface area contributed by atoms with E-state index >= 15 is 0 Å². The summed E-state index contributed by atoms with van der Waals surface area (Å²) in [4.78, 5) is 14.4. The fourth-order valence-electron chi connectivity index (χ4n) is 2.25. The van der Waals surface area contributed by atoms with Gasteiger partial charge in [-0.05, 0) is 23.8 Å². The average Bonchev–Trinajstić information content (AvgIpc) is 2.87. The molecular weight excluding hydrogens is 293 g/mol. The number of hydrogen-bond acceptors (Lipinski definition) is 2. The van der Waals surface area contributed by atoms with E-state index in [-0.39, 0.29) is 11.1 Å². The molecule has 2 aromatic heterocycles. The number of aromatic amines is 1. The highest BCUT2D eigenvalue weighted by Gasteiger charge is 2.09. The largest absolute Gasteiger partial charge is 0.326 e. The number of aromatic nitrogens is 2. The Bertz CT molecular complexity index is 936. The Morgan fingerprint density at radius 2 is 2.19 bits per heavy atom. The number of H-pyrrole nitrogens is 1. The Kier molecular flexibility index (Phi) is 3.24. The van der Waals surface area contributed by atoms with Crippen LogP contribution in [0.2, 0.25) is 5.02 Å². The predicted octanol–water partition coefficient (Wildman–Crippen LogP) is 2.88. The van der Waals surface area contributed by atoms with Crippen molar-refractivity contribution in [1.82, 2.24) is 9.38 Å². The van der Waals surface area contributed by atoms with Crippen LogP contribution in [0.15, 0.2) is 41.5 Å². The highest BCUT2D eigenvalue weighted by atomic mass is 35.5. The third-order valence-corrected chi connectivity index (χ3v) is 3.44. The summed E-state index contributed by atoms with van der Waals surface area (Å²) >= 11 is 5.93. The van der Waals surface area contributed by atoms with Crippen LogP contribution < -0.4 is 5.56 Å². The molecule has 21 heavy (non-hydrogen) atoms. The number of nitriles is 1. The van der Waals surface area contributed by atoms with Gasteiger partial charge in [0, 0.05) is 24.5 Å². The molecule has 0 bridgehead atoms. The second-order valence-electron chi connectivity index (χ2n) is 4.63. The van der Waals surface area contributed by atoms with Crippen LogP contribution in [0.3, 0.4) is 0 Å². The molecule has 0 saturated heterocycles. The molecule has 104 valence electrons. The molecular formula is C15H9ClFN3O. The van der Waals surface area contributed by atoms with Crippen LogP contribution in [0.5, 0.6) is 0 Å². The van der Waals surface area contributed by atoms with Gasteiger partial charge in [-0.25, -0.2) is 4.39 Å². The number of benzene rings is 1. The minimum absolute atomic E-state index is 0.00120. The Labute approximate surface area is 124 Å². The number of nitrogens with zero attached hydrogens (tertiary/aromatic N) is 2. The van der Waals surface area contributed by atoms with E-state index in [1.165, 1.54) is 12.1 Å². The number of fused-ring (bicyclic) bond motifs is 1. The van der Waals surface area contributed by atoms with Crippen LogP contribution >= 0.6 is 11.6 Å². The summed E-state index contributed by atoms with van der Waals surface area (Å²) < 4.78 is 15.0. The van der Waals surface area contributed by atoms with Gasteiger partial charge < -0.3 is 9.38 Å². The van der Waals surface area contributed by atoms with Crippen molar-refractivity contribution in [3.05, 3.63) is 74.7 Å². The van der Waals surface area contributed by atoms with Crippen molar-refractivity contribution in [3.8, 4) is 6.07 Å². The first-order valence-corrected chi connectivity index (χ1v) is 6.53. The molecule has 3 rings (SSSR count).